The molecule has 2 rings (SSSR count). The van der Waals surface area contributed by atoms with Crippen LogP contribution in [0.1, 0.15) is 44.9 Å². The fourth-order valence-electron chi connectivity index (χ4n) is 2.34. The van der Waals surface area contributed by atoms with Crippen molar-refractivity contribution in [3.63, 3.8) is 0 Å². The molecule has 1 aromatic heterocycles. The van der Waals surface area contributed by atoms with E-state index in [1.807, 2.05) is 44.2 Å². The molecule has 1 aromatic carbocycles. The first-order valence-electron chi connectivity index (χ1n) is 6.30. The van der Waals surface area contributed by atoms with Crippen molar-refractivity contribution in [2.75, 3.05) is 0 Å². The molecule has 18 heavy (non-hydrogen) atoms. The molecule has 0 saturated heterocycles. The smallest absolute Gasteiger partial charge is 0.256 e. The highest BCUT2D eigenvalue weighted by atomic mass is 16.1. The minimum absolute atomic E-state index is 0.0116. The summed E-state index contributed by atoms with van der Waals surface area (Å²) in [4.78, 5) is 15.1. The van der Waals surface area contributed by atoms with Crippen LogP contribution in [0.3, 0.4) is 0 Å². The summed E-state index contributed by atoms with van der Waals surface area (Å²) in [5, 5.41) is 1.83. The average molecular weight is 241 g/mol. The van der Waals surface area contributed by atoms with Crippen molar-refractivity contribution < 1.29 is 0 Å². The summed E-state index contributed by atoms with van der Waals surface area (Å²) in [7, 11) is 0. The van der Waals surface area contributed by atoms with Crippen LogP contribution in [-0.4, -0.2) is 4.98 Å². The average Bonchev–Trinajstić information content (AvgIpc) is 2.27. The molecule has 0 fully saturated rings. The summed E-state index contributed by atoms with van der Waals surface area (Å²) < 4.78 is 0. The second kappa shape index (κ2) is 4.81. The van der Waals surface area contributed by atoms with E-state index in [1.165, 1.54) is 11.1 Å². The van der Waals surface area contributed by atoms with Crippen molar-refractivity contribution in [3.05, 3.63) is 51.4 Å². The van der Waals surface area contributed by atoms with E-state index in [0.717, 1.165) is 16.5 Å². The Morgan fingerprint density at radius 1 is 1.17 bits per heavy atom. The number of hydrogen-bond acceptors (Lipinski definition) is 1. The summed E-state index contributed by atoms with van der Waals surface area (Å²) in [6.45, 7) is 8.39. The molecule has 0 aliphatic rings. The molecular weight excluding hydrogens is 222 g/mol. The van der Waals surface area contributed by atoms with Crippen LogP contribution in [-0.2, 0) is 0 Å². The molecule has 0 bridgehead atoms. The number of nitrogens with one attached hydrogen (secondary N) is 1. The van der Waals surface area contributed by atoms with Gasteiger partial charge in [-0.25, -0.2) is 0 Å². The minimum Gasteiger partial charge on any atom is -0.322 e. The first-order chi connectivity index (χ1) is 8.50. The van der Waals surface area contributed by atoms with Crippen LogP contribution < -0.4 is 5.56 Å². The van der Waals surface area contributed by atoms with Crippen molar-refractivity contribution in [2.24, 2.45) is 0 Å². The molecule has 2 aromatic rings. The van der Waals surface area contributed by atoms with Crippen LogP contribution in [0.4, 0.5) is 0 Å². The predicted molar refractivity (Wildman–Crippen MR) is 78.0 cm³/mol. The van der Waals surface area contributed by atoms with E-state index in [2.05, 4.69) is 18.8 Å². The van der Waals surface area contributed by atoms with Gasteiger partial charge in [0.15, 0.2) is 0 Å². The third-order valence-corrected chi connectivity index (χ3v) is 3.01. The SMILES string of the molecule is CC(C)=Cc1[nH]c(=O)c2ccccc2c1C(C)C. The maximum atomic E-state index is 12.1. The van der Waals surface area contributed by atoms with E-state index in [0.29, 0.717) is 5.92 Å². The van der Waals surface area contributed by atoms with Gasteiger partial charge in [0.25, 0.3) is 5.56 Å². The number of pyridine rings is 1. The zero-order valence-corrected chi connectivity index (χ0v) is 11.4. The second-order valence-electron chi connectivity index (χ2n) is 5.20. The maximum absolute atomic E-state index is 12.1. The van der Waals surface area contributed by atoms with Gasteiger partial charge in [0.05, 0.1) is 0 Å². The molecule has 0 spiro atoms. The Bertz CT molecular complexity index is 658. The highest BCUT2D eigenvalue weighted by Crippen LogP contribution is 2.26. The third-order valence-electron chi connectivity index (χ3n) is 3.01. The Kier molecular flexibility index (Phi) is 3.37. The molecular formula is C16H19NO. The number of aromatic nitrogens is 1. The van der Waals surface area contributed by atoms with E-state index >= 15 is 0 Å². The molecule has 94 valence electrons. The zero-order chi connectivity index (χ0) is 13.3. The van der Waals surface area contributed by atoms with Crippen molar-refractivity contribution in [2.45, 2.75) is 33.6 Å². The monoisotopic (exact) mass is 241 g/mol. The van der Waals surface area contributed by atoms with Gasteiger partial charge in [-0.2, -0.15) is 0 Å². The summed E-state index contributed by atoms with van der Waals surface area (Å²) >= 11 is 0. The number of rotatable bonds is 2. The normalized spacial score (nSPS) is 10.9. The fraction of sp³-hybridized carbons (Fsp3) is 0.312. The van der Waals surface area contributed by atoms with Gasteiger partial charge in [0.1, 0.15) is 0 Å². The quantitative estimate of drug-likeness (QED) is 0.844. The number of aromatic amines is 1. The molecule has 2 heteroatoms. The molecule has 0 amide bonds. The van der Waals surface area contributed by atoms with E-state index in [-0.39, 0.29) is 5.56 Å². The summed E-state index contributed by atoms with van der Waals surface area (Å²) in [5.41, 5.74) is 3.32. The molecule has 0 unspecified atom stereocenters. The maximum Gasteiger partial charge on any atom is 0.256 e. The van der Waals surface area contributed by atoms with Gasteiger partial charge in [0, 0.05) is 11.1 Å². The van der Waals surface area contributed by atoms with Gasteiger partial charge in [-0.1, -0.05) is 37.6 Å². The molecule has 0 radical (unpaired) electrons. The van der Waals surface area contributed by atoms with Gasteiger partial charge in [-0.15, -0.1) is 0 Å². The number of allylic oxidation sites excluding steroid dienone is 1. The van der Waals surface area contributed by atoms with Crippen molar-refractivity contribution in [1.82, 2.24) is 4.98 Å². The van der Waals surface area contributed by atoms with Crippen molar-refractivity contribution >= 4 is 16.8 Å². The van der Waals surface area contributed by atoms with Crippen molar-refractivity contribution in [1.29, 1.82) is 0 Å². The lowest BCUT2D eigenvalue weighted by Crippen LogP contribution is -2.11. The summed E-state index contributed by atoms with van der Waals surface area (Å²) in [5.74, 6) is 0.373. The largest absolute Gasteiger partial charge is 0.322 e. The predicted octanol–water partition coefficient (Wildman–Crippen LogP) is 4.07. The Balaban J connectivity index is 2.91. The number of fused-ring (bicyclic) bond motifs is 1. The van der Waals surface area contributed by atoms with Crippen LogP contribution in [0.5, 0.6) is 0 Å². The second-order valence-corrected chi connectivity index (χ2v) is 5.20. The van der Waals surface area contributed by atoms with Crippen LogP contribution in [0.2, 0.25) is 0 Å². The Hall–Kier alpha value is -1.83. The van der Waals surface area contributed by atoms with E-state index < -0.39 is 0 Å². The molecule has 0 aliphatic carbocycles. The molecule has 1 N–H and O–H groups in total. The minimum atomic E-state index is -0.0116. The van der Waals surface area contributed by atoms with Gasteiger partial charge in [-0.05, 0) is 42.9 Å². The van der Waals surface area contributed by atoms with Crippen molar-refractivity contribution in [3.8, 4) is 0 Å². The third kappa shape index (κ3) is 2.23. The summed E-state index contributed by atoms with van der Waals surface area (Å²) in [6.07, 6.45) is 2.04. The van der Waals surface area contributed by atoms with Crippen LogP contribution in [0.25, 0.3) is 16.8 Å². The van der Waals surface area contributed by atoms with E-state index in [9.17, 15) is 4.79 Å². The number of benzene rings is 1. The Labute approximate surface area is 107 Å². The lowest BCUT2D eigenvalue weighted by Gasteiger charge is -2.14. The molecule has 0 saturated carbocycles. The Morgan fingerprint density at radius 2 is 1.78 bits per heavy atom. The summed E-state index contributed by atoms with van der Waals surface area (Å²) in [6, 6.07) is 7.80. The topological polar surface area (TPSA) is 32.9 Å². The van der Waals surface area contributed by atoms with Crippen LogP contribution in [0, 0.1) is 0 Å². The Morgan fingerprint density at radius 3 is 2.33 bits per heavy atom. The first kappa shape index (κ1) is 12.6. The van der Waals surface area contributed by atoms with Gasteiger partial charge < -0.3 is 4.98 Å². The molecule has 1 heterocycles. The number of hydrogen-bond donors (Lipinski definition) is 1. The lowest BCUT2D eigenvalue weighted by molar-refractivity contribution is 0.863. The molecule has 0 aliphatic heterocycles. The van der Waals surface area contributed by atoms with Gasteiger partial charge >= 0.3 is 0 Å². The highest BCUT2D eigenvalue weighted by Gasteiger charge is 2.12. The van der Waals surface area contributed by atoms with Gasteiger partial charge in [-0.3, -0.25) is 4.79 Å². The number of H-pyrrole nitrogens is 1. The molecule has 2 nitrogen and oxygen atoms in total. The van der Waals surface area contributed by atoms with Crippen LogP contribution >= 0.6 is 0 Å². The standard InChI is InChI=1S/C16H19NO/c1-10(2)9-14-15(11(3)4)12-7-5-6-8-13(12)16(18)17-14/h5-9,11H,1-4H3,(H,17,18). The zero-order valence-electron chi connectivity index (χ0n) is 11.4. The van der Waals surface area contributed by atoms with Gasteiger partial charge in [0.2, 0.25) is 0 Å². The lowest BCUT2D eigenvalue weighted by atomic mass is 9.94. The van der Waals surface area contributed by atoms with E-state index in [4.69, 9.17) is 0 Å². The molecule has 0 atom stereocenters. The fourth-order valence-corrected chi connectivity index (χ4v) is 2.34. The first-order valence-corrected chi connectivity index (χ1v) is 6.30. The van der Waals surface area contributed by atoms with Crippen LogP contribution in [0.15, 0.2) is 34.6 Å². The van der Waals surface area contributed by atoms with E-state index in [1.54, 1.807) is 0 Å². The highest BCUT2D eigenvalue weighted by molar-refractivity contribution is 5.87.